The van der Waals surface area contributed by atoms with Crippen LogP contribution < -0.4 is 10.1 Å². The molecule has 0 spiro atoms. The number of nitrogens with one attached hydrogen (secondary N) is 1. The van der Waals surface area contributed by atoms with Gasteiger partial charge in [0.1, 0.15) is 24.2 Å². The molecule has 0 radical (unpaired) electrons. The zero-order valence-electron chi connectivity index (χ0n) is 24.0. The van der Waals surface area contributed by atoms with E-state index in [2.05, 4.69) is 26.1 Å². The van der Waals surface area contributed by atoms with Gasteiger partial charge in [0.25, 0.3) is 0 Å². The zero-order valence-corrected chi connectivity index (χ0v) is 26.2. The molecule has 0 aliphatic carbocycles. The lowest BCUT2D eigenvalue weighted by Gasteiger charge is -2.36. The third-order valence-electron chi connectivity index (χ3n) is 7.42. The van der Waals surface area contributed by atoms with Crippen molar-refractivity contribution in [2.24, 2.45) is 4.99 Å². The second-order valence-corrected chi connectivity index (χ2v) is 12.7. The average molecular weight is 628 g/mol. The summed E-state index contributed by atoms with van der Waals surface area (Å²) in [6.45, 7) is 9.26. The summed E-state index contributed by atoms with van der Waals surface area (Å²) >= 11 is 19.4. The standard InChI is InChI=1S/C32H33Cl3N4O3/c1-5-42-26-17-24(32(2,3)4)25(35)16-23(26)30-37-28(19-6-10-21(33)11-7-19)29(20-8-12-22(34)13-9-20)39(30)31(41)38-15-14-36-27(40)18-38/h6-13,16-17,28-29H,5,14-15,18H2,1-4H3,(H,36,40)/t28-,29+/m0/s1. The summed E-state index contributed by atoms with van der Waals surface area (Å²) in [6, 6.07) is 17.2. The molecule has 1 saturated heterocycles. The SMILES string of the molecule is CCOc1cc(C(C)(C)C)c(Cl)cc1C1=N[C@@H](c2ccc(Cl)cc2)[C@@H](c2ccc(Cl)cc2)N1C(=O)N1CCNC(=O)C1. The predicted octanol–water partition coefficient (Wildman–Crippen LogP) is 7.44. The van der Waals surface area contributed by atoms with Crippen molar-refractivity contribution in [3.63, 3.8) is 0 Å². The molecular weight excluding hydrogens is 595 g/mol. The van der Waals surface area contributed by atoms with Gasteiger partial charge in [0.2, 0.25) is 5.91 Å². The Morgan fingerprint density at radius 3 is 2.19 bits per heavy atom. The van der Waals surface area contributed by atoms with Crippen LogP contribution in [0.25, 0.3) is 0 Å². The molecule has 2 heterocycles. The number of aliphatic imine (C=N–C) groups is 1. The van der Waals surface area contributed by atoms with E-state index in [4.69, 9.17) is 44.5 Å². The largest absolute Gasteiger partial charge is 0.493 e. The normalized spacial score (nSPS) is 19.0. The van der Waals surface area contributed by atoms with E-state index in [0.29, 0.717) is 51.9 Å². The molecule has 220 valence electrons. The molecule has 10 heteroatoms. The zero-order chi connectivity index (χ0) is 30.2. The summed E-state index contributed by atoms with van der Waals surface area (Å²) in [4.78, 5) is 35.2. The van der Waals surface area contributed by atoms with Crippen LogP contribution in [0, 0.1) is 0 Å². The van der Waals surface area contributed by atoms with Crippen LogP contribution in [0.4, 0.5) is 4.79 Å². The Hall–Kier alpha value is -3.26. The first-order chi connectivity index (χ1) is 20.0. The molecule has 0 saturated carbocycles. The van der Waals surface area contributed by atoms with E-state index in [-0.39, 0.29) is 23.9 Å². The number of amides is 3. The lowest BCUT2D eigenvalue weighted by atomic mass is 9.86. The van der Waals surface area contributed by atoms with Gasteiger partial charge >= 0.3 is 6.03 Å². The quantitative estimate of drug-likeness (QED) is 0.320. The summed E-state index contributed by atoms with van der Waals surface area (Å²) < 4.78 is 6.15. The number of piperazine rings is 1. The molecule has 3 aromatic carbocycles. The maximum Gasteiger partial charge on any atom is 0.326 e. The molecule has 0 unspecified atom stereocenters. The number of carbonyl (C=O) groups excluding carboxylic acids is 2. The lowest BCUT2D eigenvalue weighted by molar-refractivity contribution is -0.123. The first kappa shape index (κ1) is 30.2. The fourth-order valence-corrected chi connectivity index (χ4v) is 6.09. The average Bonchev–Trinajstić information content (AvgIpc) is 3.34. The third-order valence-corrected chi connectivity index (χ3v) is 8.24. The molecule has 3 aromatic rings. The maximum atomic E-state index is 14.5. The van der Waals surface area contributed by atoms with Crippen molar-refractivity contribution in [1.29, 1.82) is 0 Å². The highest BCUT2D eigenvalue weighted by Crippen LogP contribution is 2.46. The molecule has 42 heavy (non-hydrogen) atoms. The van der Waals surface area contributed by atoms with Gasteiger partial charge in [-0.3, -0.25) is 14.7 Å². The molecule has 3 amide bonds. The molecule has 2 atom stereocenters. The summed E-state index contributed by atoms with van der Waals surface area (Å²) in [5, 5.41) is 4.52. The molecule has 0 bridgehead atoms. The number of hydrogen-bond donors (Lipinski definition) is 1. The number of benzene rings is 3. The molecule has 2 aliphatic rings. The highest BCUT2D eigenvalue weighted by Gasteiger charge is 2.45. The molecular formula is C32H33Cl3N4O3. The minimum absolute atomic E-state index is 0.0520. The Kier molecular flexibility index (Phi) is 8.74. The molecule has 2 aliphatic heterocycles. The molecule has 0 aromatic heterocycles. The van der Waals surface area contributed by atoms with E-state index in [9.17, 15) is 9.59 Å². The number of carbonyl (C=O) groups is 2. The number of nitrogens with zero attached hydrogens (tertiary/aromatic N) is 3. The van der Waals surface area contributed by atoms with Gasteiger partial charge in [-0.25, -0.2) is 4.79 Å². The second kappa shape index (κ2) is 12.2. The van der Waals surface area contributed by atoms with Crippen LogP contribution >= 0.6 is 34.8 Å². The van der Waals surface area contributed by atoms with Crippen LogP contribution in [-0.2, 0) is 10.2 Å². The fourth-order valence-electron chi connectivity index (χ4n) is 5.39. The molecule has 1 N–H and O–H groups in total. The summed E-state index contributed by atoms with van der Waals surface area (Å²) in [5.41, 5.74) is 2.99. The molecule has 1 fully saturated rings. The van der Waals surface area contributed by atoms with Crippen molar-refractivity contribution in [3.8, 4) is 5.75 Å². The Labute approximate surface area is 261 Å². The number of halogens is 3. The van der Waals surface area contributed by atoms with Crippen molar-refractivity contribution in [1.82, 2.24) is 15.1 Å². The molecule has 7 nitrogen and oxygen atoms in total. The van der Waals surface area contributed by atoms with Crippen LogP contribution in [0.2, 0.25) is 15.1 Å². The van der Waals surface area contributed by atoms with Crippen molar-refractivity contribution in [3.05, 3.63) is 98.0 Å². The summed E-state index contributed by atoms with van der Waals surface area (Å²) in [7, 11) is 0. The van der Waals surface area contributed by atoms with Crippen LogP contribution in [0.1, 0.15) is 62.0 Å². The Bertz CT molecular complexity index is 1520. The molecule has 5 rings (SSSR count). The van der Waals surface area contributed by atoms with Crippen molar-refractivity contribution >= 4 is 52.6 Å². The topological polar surface area (TPSA) is 74.2 Å². The fraction of sp³-hybridized carbons (Fsp3) is 0.344. The second-order valence-electron chi connectivity index (χ2n) is 11.4. The summed E-state index contributed by atoms with van der Waals surface area (Å²) in [6.07, 6.45) is 0. The van der Waals surface area contributed by atoms with E-state index in [1.165, 1.54) is 0 Å². The van der Waals surface area contributed by atoms with E-state index in [1.807, 2.05) is 55.5 Å². The van der Waals surface area contributed by atoms with E-state index >= 15 is 0 Å². The first-order valence-corrected chi connectivity index (χ1v) is 15.0. The number of amidine groups is 1. The number of hydrogen-bond acceptors (Lipinski definition) is 4. The van der Waals surface area contributed by atoms with Gasteiger partial charge in [-0.2, -0.15) is 0 Å². The highest BCUT2D eigenvalue weighted by atomic mass is 35.5. The Morgan fingerprint density at radius 1 is 1.00 bits per heavy atom. The predicted molar refractivity (Wildman–Crippen MR) is 168 cm³/mol. The number of ether oxygens (including phenoxy) is 1. The minimum Gasteiger partial charge on any atom is -0.493 e. The smallest absolute Gasteiger partial charge is 0.326 e. The first-order valence-electron chi connectivity index (χ1n) is 13.9. The Balaban J connectivity index is 1.74. The van der Waals surface area contributed by atoms with Crippen molar-refractivity contribution < 1.29 is 14.3 Å². The van der Waals surface area contributed by atoms with Gasteiger partial charge in [0.05, 0.1) is 18.2 Å². The maximum absolute atomic E-state index is 14.5. The van der Waals surface area contributed by atoms with Gasteiger partial charge in [-0.1, -0.05) is 79.8 Å². The van der Waals surface area contributed by atoms with Crippen LogP contribution in [0.5, 0.6) is 5.75 Å². The van der Waals surface area contributed by atoms with Crippen molar-refractivity contribution in [2.75, 3.05) is 26.2 Å². The van der Waals surface area contributed by atoms with Gasteiger partial charge in [-0.05, 0) is 65.4 Å². The summed E-state index contributed by atoms with van der Waals surface area (Å²) in [5.74, 6) is 0.778. The third kappa shape index (κ3) is 6.10. The van der Waals surface area contributed by atoms with Gasteiger partial charge < -0.3 is 15.0 Å². The number of rotatable bonds is 5. The van der Waals surface area contributed by atoms with E-state index in [1.54, 1.807) is 21.9 Å². The minimum atomic E-state index is -0.550. The van der Waals surface area contributed by atoms with Crippen LogP contribution in [0.15, 0.2) is 65.7 Å². The van der Waals surface area contributed by atoms with Crippen LogP contribution in [-0.4, -0.2) is 53.8 Å². The number of urea groups is 1. The van der Waals surface area contributed by atoms with Gasteiger partial charge in [0, 0.05) is 28.2 Å². The lowest BCUT2D eigenvalue weighted by Crippen LogP contribution is -2.55. The van der Waals surface area contributed by atoms with Crippen LogP contribution in [0.3, 0.4) is 0 Å². The van der Waals surface area contributed by atoms with Crippen molar-refractivity contribution in [2.45, 2.75) is 45.2 Å². The van der Waals surface area contributed by atoms with Gasteiger partial charge in [0.15, 0.2) is 0 Å². The highest BCUT2D eigenvalue weighted by molar-refractivity contribution is 6.32. The Morgan fingerprint density at radius 2 is 1.62 bits per heavy atom. The van der Waals surface area contributed by atoms with E-state index in [0.717, 1.165) is 16.7 Å². The van der Waals surface area contributed by atoms with Gasteiger partial charge in [-0.15, -0.1) is 0 Å². The monoisotopic (exact) mass is 626 g/mol. The van der Waals surface area contributed by atoms with E-state index < -0.39 is 12.1 Å².